The van der Waals surface area contributed by atoms with Gasteiger partial charge in [-0.1, -0.05) is 12.1 Å². The lowest BCUT2D eigenvalue weighted by atomic mass is 10.1. The molecule has 1 aromatic heterocycles. The highest BCUT2D eigenvalue weighted by Crippen LogP contribution is 2.19. The fourth-order valence-corrected chi connectivity index (χ4v) is 3.04. The average molecular weight is 358 g/mol. The van der Waals surface area contributed by atoms with Gasteiger partial charge in [0.15, 0.2) is 0 Å². The van der Waals surface area contributed by atoms with Crippen molar-refractivity contribution in [2.75, 3.05) is 25.6 Å². The minimum atomic E-state index is -0.235. The van der Waals surface area contributed by atoms with E-state index in [0.29, 0.717) is 12.2 Å². The van der Waals surface area contributed by atoms with Crippen molar-refractivity contribution < 1.29 is 14.3 Å². The number of nitrogens with one attached hydrogen (secondary N) is 2. The Kier molecular flexibility index (Phi) is 6.12. The van der Waals surface area contributed by atoms with Crippen LogP contribution in [-0.2, 0) is 17.7 Å². The van der Waals surface area contributed by atoms with Crippen LogP contribution in [0.25, 0.3) is 0 Å². The maximum absolute atomic E-state index is 12.0. The van der Waals surface area contributed by atoms with Crippen LogP contribution in [0.4, 0.5) is 10.5 Å². The van der Waals surface area contributed by atoms with Gasteiger partial charge in [-0.3, -0.25) is 4.68 Å². The van der Waals surface area contributed by atoms with Crippen molar-refractivity contribution in [2.45, 2.75) is 38.8 Å². The van der Waals surface area contributed by atoms with Crippen LogP contribution in [-0.4, -0.2) is 42.2 Å². The number of ether oxygens (including phenoxy) is 2. The topological polar surface area (TPSA) is 77.4 Å². The van der Waals surface area contributed by atoms with E-state index < -0.39 is 0 Å². The summed E-state index contributed by atoms with van der Waals surface area (Å²) in [6.07, 6.45) is 6.61. The van der Waals surface area contributed by atoms with E-state index in [-0.39, 0.29) is 12.1 Å². The van der Waals surface area contributed by atoms with Gasteiger partial charge in [0, 0.05) is 19.3 Å². The molecule has 3 rings (SSSR count). The molecule has 2 N–H and O–H groups in total. The van der Waals surface area contributed by atoms with Gasteiger partial charge in [0.2, 0.25) is 0 Å². The van der Waals surface area contributed by atoms with Gasteiger partial charge in [0.25, 0.3) is 0 Å². The second-order valence-electron chi connectivity index (χ2n) is 6.52. The summed E-state index contributed by atoms with van der Waals surface area (Å²) in [4.78, 5) is 12.0. The van der Waals surface area contributed by atoms with Crippen molar-refractivity contribution in [3.8, 4) is 5.75 Å². The quantitative estimate of drug-likeness (QED) is 0.798. The highest BCUT2D eigenvalue weighted by Gasteiger charge is 2.16. The number of hydrogen-bond donors (Lipinski definition) is 2. The van der Waals surface area contributed by atoms with Gasteiger partial charge in [0.05, 0.1) is 31.6 Å². The van der Waals surface area contributed by atoms with Crippen molar-refractivity contribution in [3.63, 3.8) is 0 Å². The summed E-state index contributed by atoms with van der Waals surface area (Å²) in [6.45, 7) is 4.10. The lowest BCUT2D eigenvalue weighted by Gasteiger charge is -2.09. The van der Waals surface area contributed by atoms with E-state index in [1.54, 1.807) is 13.3 Å². The molecule has 0 aliphatic carbocycles. The predicted molar refractivity (Wildman–Crippen MR) is 99.7 cm³/mol. The molecule has 140 valence electrons. The van der Waals surface area contributed by atoms with Gasteiger partial charge >= 0.3 is 6.03 Å². The number of rotatable bonds is 7. The number of methoxy groups -OCH3 is 1. The van der Waals surface area contributed by atoms with Crippen LogP contribution in [0.1, 0.15) is 24.0 Å². The van der Waals surface area contributed by atoms with Crippen molar-refractivity contribution in [3.05, 3.63) is 41.7 Å². The standard InChI is InChI=1S/C19H26N4O3/c1-14-5-6-15(10-18(14)25-2)7-8-20-19(24)22-16-11-21-23(12-16)13-17-4-3-9-26-17/h5-6,10-12,17H,3-4,7-9,13H2,1-2H3,(H2,20,22,24). The Morgan fingerprint density at radius 1 is 1.46 bits per heavy atom. The van der Waals surface area contributed by atoms with Crippen LogP contribution in [0.2, 0.25) is 0 Å². The number of carbonyl (C=O) groups is 1. The molecule has 1 fully saturated rings. The summed E-state index contributed by atoms with van der Waals surface area (Å²) in [5.41, 5.74) is 2.90. The fraction of sp³-hybridized carbons (Fsp3) is 0.474. The van der Waals surface area contributed by atoms with Gasteiger partial charge in [-0.15, -0.1) is 0 Å². The van der Waals surface area contributed by atoms with Crippen LogP contribution < -0.4 is 15.4 Å². The van der Waals surface area contributed by atoms with Gasteiger partial charge < -0.3 is 20.1 Å². The number of carbonyl (C=O) groups excluding carboxylic acids is 1. The van der Waals surface area contributed by atoms with Crippen LogP contribution in [0, 0.1) is 6.92 Å². The Hall–Kier alpha value is -2.54. The predicted octanol–water partition coefficient (Wildman–Crippen LogP) is 2.74. The third-order valence-corrected chi connectivity index (χ3v) is 4.48. The molecule has 0 saturated carbocycles. The molecule has 26 heavy (non-hydrogen) atoms. The number of nitrogens with zero attached hydrogens (tertiary/aromatic N) is 2. The third kappa shape index (κ3) is 4.98. The largest absolute Gasteiger partial charge is 0.496 e. The molecule has 1 saturated heterocycles. The van der Waals surface area contributed by atoms with Crippen molar-refractivity contribution in [1.29, 1.82) is 0 Å². The molecule has 0 spiro atoms. The maximum Gasteiger partial charge on any atom is 0.319 e. The lowest BCUT2D eigenvalue weighted by Crippen LogP contribution is -2.30. The first kappa shape index (κ1) is 18.3. The molecule has 1 unspecified atom stereocenters. The molecule has 1 aliphatic rings. The number of anilines is 1. The molecular formula is C19H26N4O3. The van der Waals surface area contributed by atoms with Crippen molar-refractivity contribution in [1.82, 2.24) is 15.1 Å². The molecular weight excluding hydrogens is 332 g/mol. The van der Waals surface area contributed by atoms with E-state index >= 15 is 0 Å². The number of amides is 2. The molecule has 0 bridgehead atoms. The van der Waals surface area contributed by atoms with Crippen LogP contribution >= 0.6 is 0 Å². The van der Waals surface area contributed by atoms with Crippen LogP contribution in [0.15, 0.2) is 30.6 Å². The zero-order valence-electron chi connectivity index (χ0n) is 15.3. The van der Waals surface area contributed by atoms with E-state index in [4.69, 9.17) is 9.47 Å². The summed E-state index contributed by atoms with van der Waals surface area (Å²) >= 11 is 0. The van der Waals surface area contributed by atoms with Crippen LogP contribution in [0.5, 0.6) is 5.75 Å². The molecule has 2 heterocycles. The molecule has 0 radical (unpaired) electrons. The number of aromatic nitrogens is 2. The number of aryl methyl sites for hydroxylation is 1. The molecule has 2 amide bonds. The summed E-state index contributed by atoms with van der Waals surface area (Å²) in [7, 11) is 1.66. The highest BCUT2D eigenvalue weighted by molar-refractivity contribution is 5.88. The lowest BCUT2D eigenvalue weighted by molar-refractivity contribution is 0.0940. The Bertz CT molecular complexity index is 738. The first-order valence-corrected chi connectivity index (χ1v) is 8.96. The van der Waals surface area contributed by atoms with Gasteiger partial charge in [0.1, 0.15) is 5.75 Å². The minimum Gasteiger partial charge on any atom is -0.496 e. The second kappa shape index (κ2) is 8.71. The van der Waals surface area contributed by atoms with Gasteiger partial charge in [-0.2, -0.15) is 5.10 Å². The summed E-state index contributed by atoms with van der Waals surface area (Å²) < 4.78 is 12.7. The van der Waals surface area contributed by atoms with Crippen molar-refractivity contribution >= 4 is 11.7 Å². The molecule has 2 aromatic rings. The maximum atomic E-state index is 12.0. The Morgan fingerprint density at radius 3 is 3.12 bits per heavy atom. The highest BCUT2D eigenvalue weighted by atomic mass is 16.5. The first-order valence-electron chi connectivity index (χ1n) is 8.96. The first-order chi connectivity index (χ1) is 12.6. The van der Waals surface area contributed by atoms with Gasteiger partial charge in [-0.25, -0.2) is 4.79 Å². The van der Waals surface area contributed by atoms with Gasteiger partial charge in [-0.05, 0) is 43.4 Å². The fourth-order valence-electron chi connectivity index (χ4n) is 3.04. The van der Waals surface area contributed by atoms with E-state index in [0.717, 1.165) is 49.3 Å². The normalized spacial score (nSPS) is 16.5. The third-order valence-electron chi connectivity index (χ3n) is 4.48. The monoisotopic (exact) mass is 358 g/mol. The Balaban J connectivity index is 1.42. The van der Waals surface area contributed by atoms with E-state index in [1.807, 2.05) is 36.0 Å². The minimum absolute atomic E-state index is 0.225. The van der Waals surface area contributed by atoms with Crippen LogP contribution in [0.3, 0.4) is 0 Å². The zero-order chi connectivity index (χ0) is 18.4. The van der Waals surface area contributed by atoms with Crippen molar-refractivity contribution in [2.24, 2.45) is 0 Å². The summed E-state index contributed by atoms with van der Waals surface area (Å²) in [5, 5.41) is 9.94. The Labute approximate surface area is 153 Å². The second-order valence-corrected chi connectivity index (χ2v) is 6.52. The summed E-state index contributed by atoms with van der Waals surface area (Å²) in [5.74, 6) is 0.866. The van der Waals surface area contributed by atoms with E-state index in [2.05, 4.69) is 15.7 Å². The SMILES string of the molecule is COc1cc(CCNC(=O)Nc2cnn(CC3CCCO3)c2)ccc1C. The van der Waals surface area contributed by atoms with E-state index in [9.17, 15) is 4.79 Å². The molecule has 1 aliphatic heterocycles. The molecule has 1 aromatic carbocycles. The van der Waals surface area contributed by atoms with E-state index in [1.165, 1.54) is 0 Å². The molecule has 7 nitrogen and oxygen atoms in total. The number of urea groups is 1. The summed E-state index contributed by atoms with van der Waals surface area (Å²) in [6, 6.07) is 5.84. The average Bonchev–Trinajstić information content (AvgIpc) is 3.29. The molecule has 7 heteroatoms. The smallest absolute Gasteiger partial charge is 0.319 e. The molecule has 1 atom stereocenters. The number of benzene rings is 1. The zero-order valence-corrected chi connectivity index (χ0v) is 15.3. The Morgan fingerprint density at radius 2 is 2.35 bits per heavy atom. The number of hydrogen-bond acceptors (Lipinski definition) is 4.